The molecule has 0 atom stereocenters. The third kappa shape index (κ3) is 4.28. The van der Waals surface area contributed by atoms with Crippen LogP contribution in [-0.4, -0.2) is 25.0 Å². The maximum Gasteiger partial charge on any atom is 0.306 e. The number of thioether (sulfide) groups is 1. The van der Waals surface area contributed by atoms with Crippen LogP contribution >= 0.6 is 23.4 Å². The number of nitrogens with zero attached hydrogens (tertiary/aromatic N) is 1. The van der Waals surface area contributed by atoms with Gasteiger partial charge in [-0.05, 0) is 12.1 Å². The average Bonchev–Trinajstić information content (AvgIpc) is 2.33. The van der Waals surface area contributed by atoms with Crippen LogP contribution in [0.25, 0.3) is 0 Å². The standard InChI is InChI=1S/C11H13ClN2O2S/c1-16-11(15)5-6-17-10-4-2-3-9(12)8(10)7-14-13/h2-4,7H,5-6,13H2,1H3. The molecule has 92 valence electrons. The first-order valence-electron chi connectivity index (χ1n) is 4.90. The highest BCUT2D eigenvalue weighted by Gasteiger charge is 2.07. The number of esters is 1. The lowest BCUT2D eigenvalue weighted by atomic mass is 10.2. The first kappa shape index (κ1) is 13.9. The second-order valence-electron chi connectivity index (χ2n) is 3.10. The van der Waals surface area contributed by atoms with Crippen molar-refractivity contribution in [3.63, 3.8) is 0 Å². The number of hydrogen-bond acceptors (Lipinski definition) is 5. The Hall–Kier alpha value is -1.20. The summed E-state index contributed by atoms with van der Waals surface area (Å²) in [6.07, 6.45) is 1.86. The number of hydrogen-bond donors (Lipinski definition) is 1. The molecule has 0 aliphatic carbocycles. The van der Waals surface area contributed by atoms with Gasteiger partial charge >= 0.3 is 5.97 Å². The Morgan fingerprint density at radius 2 is 2.41 bits per heavy atom. The highest BCUT2D eigenvalue weighted by atomic mass is 35.5. The zero-order chi connectivity index (χ0) is 12.7. The lowest BCUT2D eigenvalue weighted by molar-refractivity contribution is -0.140. The highest BCUT2D eigenvalue weighted by molar-refractivity contribution is 7.99. The van der Waals surface area contributed by atoms with Crippen molar-refractivity contribution in [3.8, 4) is 0 Å². The molecule has 0 radical (unpaired) electrons. The largest absolute Gasteiger partial charge is 0.469 e. The monoisotopic (exact) mass is 272 g/mol. The minimum absolute atomic E-state index is 0.228. The van der Waals surface area contributed by atoms with Crippen LogP contribution in [0.5, 0.6) is 0 Å². The minimum atomic E-state index is -0.228. The van der Waals surface area contributed by atoms with Gasteiger partial charge in [-0.2, -0.15) is 5.10 Å². The van der Waals surface area contributed by atoms with Crippen LogP contribution in [-0.2, 0) is 9.53 Å². The van der Waals surface area contributed by atoms with Crippen LogP contribution in [0.2, 0.25) is 5.02 Å². The fraction of sp³-hybridized carbons (Fsp3) is 0.273. The molecule has 17 heavy (non-hydrogen) atoms. The van der Waals surface area contributed by atoms with Crippen LogP contribution in [0.4, 0.5) is 0 Å². The Labute approximate surface area is 109 Å². The van der Waals surface area contributed by atoms with Crippen molar-refractivity contribution >= 4 is 35.5 Å². The number of methoxy groups -OCH3 is 1. The van der Waals surface area contributed by atoms with Gasteiger partial charge in [-0.25, -0.2) is 0 Å². The molecule has 0 spiro atoms. The van der Waals surface area contributed by atoms with E-state index in [2.05, 4.69) is 9.84 Å². The van der Waals surface area contributed by atoms with Gasteiger partial charge in [0.25, 0.3) is 0 Å². The fourth-order valence-corrected chi connectivity index (χ4v) is 2.45. The molecule has 0 saturated heterocycles. The van der Waals surface area contributed by atoms with Gasteiger partial charge in [-0.1, -0.05) is 17.7 Å². The van der Waals surface area contributed by atoms with Gasteiger partial charge in [-0.3, -0.25) is 4.79 Å². The summed E-state index contributed by atoms with van der Waals surface area (Å²) in [5.74, 6) is 5.52. The molecule has 0 fully saturated rings. The van der Waals surface area contributed by atoms with E-state index < -0.39 is 0 Å². The molecule has 2 N–H and O–H groups in total. The van der Waals surface area contributed by atoms with Crippen molar-refractivity contribution in [3.05, 3.63) is 28.8 Å². The molecule has 0 aromatic heterocycles. The van der Waals surface area contributed by atoms with Crippen molar-refractivity contribution in [2.45, 2.75) is 11.3 Å². The summed E-state index contributed by atoms with van der Waals surface area (Å²) in [6, 6.07) is 5.52. The number of nitrogens with two attached hydrogens (primary N) is 1. The van der Waals surface area contributed by atoms with E-state index in [0.29, 0.717) is 17.2 Å². The van der Waals surface area contributed by atoms with Crippen molar-refractivity contribution in [2.75, 3.05) is 12.9 Å². The van der Waals surface area contributed by atoms with Gasteiger partial charge < -0.3 is 10.6 Å². The van der Waals surface area contributed by atoms with Crippen LogP contribution in [0.3, 0.4) is 0 Å². The number of carbonyl (C=O) groups excluding carboxylic acids is 1. The summed E-state index contributed by atoms with van der Waals surface area (Å²) in [5.41, 5.74) is 0.770. The maximum absolute atomic E-state index is 11.0. The maximum atomic E-state index is 11.0. The fourth-order valence-electron chi connectivity index (χ4n) is 1.19. The molecule has 0 amide bonds. The summed E-state index contributed by atoms with van der Waals surface area (Å²) in [4.78, 5) is 11.9. The average molecular weight is 273 g/mol. The van der Waals surface area contributed by atoms with E-state index in [4.69, 9.17) is 17.4 Å². The molecule has 1 aromatic carbocycles. The molecule has 4 nitrogen and oxygen atoms in total. The predicted octanol–water partition coefficient (Wildman–Crippen LogP) is 2.29. The van der Waals surface area contributed by atoms with E-state index in [1.165, 1.54) is 25.1 Å². The molecular formula is C11H13ClN2O2S. The van der Waals surface area contributed by atoms with E-state index >= 15 is 0 Å². The quantitative estimate of drug-likeness (QED) is 0.294. The number of halogens is 1. The smallest absolute Gasteiger partial charge is 0.306 e. The summed E-state index contributed by atoms with van der Waals surface area (Å²) >= 11 is 7.54. The van der Waals surface area contributed by atoms with Crippen LogP contribution < -0.4 is 5.84 Å². The van der Waals surface area contributed by atoms with Crippen molar-refractivity contribution in [1.29, 1.82) is 0 Å². The molecule has 6 heteroatoms. The van der Waals surface area contributed by atoms with Crippen molar-refractivity contribution in [2.24, 2.45) is 10.9 Å². The van der Waals surface area contributed by atoms with Crippen LogP contribution in [0, 0.1) is 0 Å². The molecule has 1 aromatic rings. The highest BCUT2D eigenvalue weighted by Crippen LogP contribution is 2.27. The molecule has 0 bridgehead atoms. The normalized spacial score (nSPS) is 10.7. The molecule has 0 aliphatic rings. The Morgan fingerprint density at radius 3 is 3.06 bits per heavy atom. The van der Waals surface area contributed by atoms with Crippen molar-refractivity contribution < 1.29 is 9.53 Å². The summed E-state index contributed by atoms with van der Waals surface area (Å²) in [7, 11) is 1.37. The first-order valence-corrected chi connectivity index (χ1v) is 6.26. The summed E-state index contributed by atoms with van der Waals surface area (Å²) in [5, 5.41) is 4.06. The topological polar surface area (TPSA) is 64.7 Å². The molecule has 1 rings (SSSR count). The second-order valence-corrected chi connectivity index (χ2v) is 4.65. The van der Waals surface area contributed by atoms with E-state index in [1.807, 2.05) is 12.1 Å². The number of hydrazone groups is 1. The van der Waals surface area contributed by atoms with Crippen LogP contribution in [0.15, 0.2) is 28.2 Å². The molecule has 0 unspecified atom stereocenters. The Balaban J connectivity index is 2.70. The molecule has 0 aliphatic heterocycles. The van der Waals surface area contributed by atoms with E-state index in [1.54, 1.807) is 6.07 Å². The van der Waals surface area contributed by atoms with Gasteiger partial charge in [0.05, 0.1) is 24.8 Å². The zero-order valence-electron chi connectivity index (χ0n) is 9.35. The zero-order valence-corrected chi connectivity index (χ0v) is 10.9. The minimum Gasteiger partial charge on any atom is -0.469 e. The van der Waals surface area contributed by atoms with E-state index in [9.17, 15) is 4.79 Å². The lowest BCUT2D eigenvalue weighted by Crippen LogP contribution is -2.01. The second kappa shape index (κ2) is 7.19. The first-order chi connectivity index (χ1) is 8.19. The number of benzene rings is 1. The van der Waals surface area contributed by atoms with Crippen molar-refractivity contribution in [1.82, 2.24) is 0 Å². The predicted molar refractivity (Wildman–Crippen MR) is 70.6 cm³/mol. The number of carbonyl (C=O) groups is 1. The van der Waals surface area contributed by atoms with E-state index in [0.717, 1.165) is 10.5 Å². The van der Waals surface area contributed by atoms with Gasteiger partial charge in [0.15, 0.2) is 0 Å². The summed E-state index contributed by atoms with van der Waals surface area (Å²) in [6.45, 7) is 0. The Bertz CT molecular complexity index is 424. The molecule has 0 saturated carbocycles. The number of rotatable bonds is 5. The molecular weight excluding hydrogens is 260 g/mol. The third-order valence-electron chi connectivity index (χ3n) is 2.01. The Kier molecular flexibility index (Phi) is 5.86. The third-order valence-corrected chi connectivity index (χ3v) is 3.41. The van der Waals surface area contributed by atoms with Gasteiger partial charge in [0.2, 0.25) is 0 Å². The van der Waals surface area contributed by atoms with Crippen LogP contribution in [0.1, 0.15) is 12.0 Å². The molecule has 0 heterocycles. The Morgan fingerprint density at radius 1 is 1.65 bits per heavy atom. The van der Waals surface area contributed by atoms with Gasteiger partial charge in [0.1, 0.15) is 0 Å². The van der Waals surface area contributed by atoms with Gasteiger partial charge in [-0.15, -0.1) is 11.8 Å². The SMILES string of the molecule is COC(=O)CCSc1cccc(Cl)c1C=NN. The summed E-state index contributed by atoms with van der Waals surface area (Å²) < 4.78 is 4.56. The van der Waals surface area contributed by atoms with E-state index in [-0.39, 0.29) is 5.97 Å². The number of ether oxygens (including phenoxy) is 1. The lowest BCUT2D eigenvalue weighted by Gasteiger charge is -2.06. The van der Waals surface area contributed by atoms with Gasteiger partial charge in [0, 0.05) is 16.2 Å².